The maximum Gasteiger partial charge on any atom is 0.200 e. The van der Waals surface area contributed by atoms with Gasteiger partial charge in [-0.15, -0.1) is 0 Å². The van der Waals surface area contributed by atoms with Crippen LogP contribution in [-0.2, 0) is 6.42 Å². The van der Waals surface area contributed by atoms with Crippen molar-refractivity contribution in [1.82, 2.24) is 0 Å². The Morgan fingerprint density at radius 1 is 1.43 bits per heavy atom. The lowest BCUT2D eigenvalue weighted by atomic mass is 10.1. The van der Waals surface area contributed by atoms with E-state index in [0.717, 1.165) is 0 Å². The minimum atomic E-state index is -0.916. The van der Waals surface area contributed by atoms with E-state index in [4.69, 9.17) is 10.5 Å². The molecule has 4 heteroatoms. The largest absolute Gasteiger partial charge is 0.494 e. The lowest BCUT2D eigenvalue weighted by molar-refractivity contribution is 0.370. The second-order valence-corrected chi connectivity index (χ2v) is 3.42. The van der Waals surface area contributed by atoms with Crippen molar-refractivity contribution in [2.24, 2.45) is 5.73 Å². The molecule has 1 aliphatic rings. The molecule has 76 valence electrons. The van der Waals surface area contributed by atoms with Crippen molar-refractivity contribution in [3.8, 4) is 5.75 Å². The molecule has 0 radical (unpaired) electrons. The third kappa shape index (κ3) is 1.18. The molecule has 0 heterocycles. The molecular weight excluding hydrogens is 188 g/mol. The maximum atomic E-state index is 13.4. The van der Waals surface area contributed by atoms with Crippen molar-refractivity contribution in [2.75, 3.05) is 7.11 Å². The summed E-state index contributed by atoms with van der Waals surface area (Å²) < 4.78 is 31.4. The molecule has 1 aliphatic carbocycles. The van der Waals surface area contributed by atoms with Crippen LogP contribution in [0.3, 0.4) is 0 Å². The molecule has 0 aromatic heterocycles. The molecule has 1 aromatic carbocycles. The second-order valence-electron chi connectivity index (χ2n) is 3.42. The molecule has 0 saturated heterocycles. The van der Waals surface area contributed by atoms with Gasteiger partial charge in [-0.1, -0.05) is 0 Å². The number of hydrogen-bond donors (Lipinski definition) is 1. The molecule has 1 unspecified atom stereocenters. The van der Waals surface area contributed by atoms with Gasteiger partial charge in [-0.05, 0) is 30.0 Å². The molecule has 0 aliphatic heterocycles. The van der Waals surface area contributed by atoms with Gasteiger partial charge >= 0.3 is 0 Å². The highest BCUT2D eigenvalue weighted by Crippen LogP contribution is 2.36. The van der Waals surface area contributed by atoms with Crippen LogP contribution in [0.2, 0.25) is 0 Å². The minimum absolute atomic E-state index is 0.0707. The molecule has 2 rings (SSSR count). The molecule has 0 fully saturated rings. The molecule has 0 spiro atoms. The molecule has 2 nitrogen and oxygen atoms in total. The third-order valence-corrected chi connectivity index (χ3v) is 2.63. The molecule has 2 N–H and O–H groups in total. The van der Waals surface area contributed by atoms with Crippen LogP contribution in [0.4, 0.5) is 8.78 Å². The summed E-state index contributed by atoms with van der Waals surface area (Å²) in [5, 5.41) is 0. The predicted molar refractivity (Wildman–Crippen MR) is 48.2 cm³/mol. The topological polar surface area (TPSA) is 35.2 Å². The Hall–Kier alpha value is -1.16. The predicted octanol–water partition coefficient (Wildman–Crippen LogP) is 1.92. The van der Waals surface area contributed by atoms with E-state index < -0.39 is 11.6 Å². The van der Waals surface area contributed by atoms with Gasteiger partial charge in [0.25, 0.3) is 0 Å². The number of halogens is 2. The summed E-state index contributed by atoms with van der Waals surface area (Å²) in [7, 11) is 1.31. The van der Waals surface area contributed by atoms with Gasteiger partial charge in [0, 0.05) is 6.04 Å². The zero-order chi connectivity index (χ0) is 10.3. The summed E-state index contributed by atoms with van der Waals surface area (Å²) in [6.07, 6.45) is 1.17. The molecular formula is C10H11F2NO. The first-order valence-corrected chi connectivity index (χ1v) is 4.45. The molecule has 0 saturated carbocycles. The first kappa shape index (κ1) is 9.40. The fraction of sp³-hybridized carbons (Fsp3) is 0.400. The fourth-order valence-corrected chi connectivity index (χ4v) is 1.85. The Morgan fingerprint density at radius 3 is 2.79 bits per heavy atom. The van der Waals surface area contributed by atoms with Crippen LogP contribution in [0.15, 0.2) is 6.07 Å². The van der Waals surface area contributed by atoms with Crippen LogP contribution < -0.4 is 10.5 Å². The Kier molecular flexibility index (Phi) is 2.15. The number of ether oxygens (including phenoxy) is 1. The van der Waals surface area contributed by atoms with E-state index >= 15 is 0 Å². The van der Waals surface area contributed by atoms with E-state index in [1.54, 1.807) is 0 Å². The van der Waals surface area contributed by atoms with Gasteiger partial charge in [0.15, 0.2) is 11.6 Å². The van der Waals surface area contributed by atoms with E-state index in [-0.39, 0.29) is 11.8 Å². The van der Waals surface area contributed by atoms with Gasteiger partial charge < -0.3 is 10.5 Å². The van der Waals surface area contributed by atoms with E-state index in [2.05, 4.69) is 0 Å². The molecule has 14 heavy (non-hydrogen) atoms. The SMILES string of the molecule is COc1cc2c(c(F)c1F)CCC2N. The average Bonchev–Trinajstić information content (AvgIpc) is 2.54. The van der Waals surface area contributed by atoms with E-state index in [1.807, 2.05) is 0 Å². The van der Waals surface area contributed by atoms with Gasteiger partial charge in [0.1, 0.15) is 0 Å². The Bertz CT molecular complexity index is 379. The summed E-state index contributed by atoms with van der Waals surface area (Å²) in [6, 6.07) is 1.29. The van der Waals surface area contributed by atoms with Gasteiger partial charge in [-0.2, -0.15) is 4.39 Å². The van der Waals surface area contributed by atoms with Crippen LogP contribution in [0, 0.1) is 11.6 Å². The van der Waals surface area contributed by atoms with Crippen LogP contribution in [0.1, 0.15) is 23.6 Å². The first-order chi connectivity index (χ1) is 6.65. The van der Waals surface area contributed by atoms with Crippen molar-refractivity contribution in [1.29, 1.82) is 0 Å². The highest BCUT2D eigenvalue weighted by molar-refractivity contribution is 5.42. The third-order valence-electron chi connectivity index (χ3n) is 2.63. The monoisotopic (exact) mass is 199 g/mol. The molecule has 0 bridgehead atoms. The number of methoxy groups -OCH3 is 1. The van der Waals surface area contributed by atoms with Crippen LogP contribution in [-0.4, -0.2) is 7.11 Å². The average molecular weight is 199 g/mol. The minimum Gasteiger partial charge on any atom is -0.494 e. The van der Waals surface area contributed by atoms with Gasteiger partial charge in [-0.3, -0.25) is 0 Å². The quantitative estimate of drug-likeness (QED) is 0.749. The lowest BCUT2D eigenvalue weighted by Gasteiger charge is -2.09. The van der Waals surface area contributed by atoms with Crippen LogP contribution in [0.25, 0.3) is 0 Å². The second kappa shape index (κ2) is 3.20. The molecule has 1 aromatic rings. The highest BCUT2D eigenvalue weighted by Gasteiger charge is 2.26. The highest BCUT2D eigenvalue weighted by atomic mass is 19.2. The lowest BCUT2D eigenvalue weighted by Crippen LogP contribution is -2.06. The standard InChI is InChI=1S/C10H11F2NO/c1-14-8-4-6-5(2-3-7(6)13)9(11)10(8)12/h4,7H,2-3,13H2,1H3. The van der Waals surface area contributed by atoms with Crippen molar-refractivity contribution in [3.05, 3.63) is 28.8 Å². The number of hydrogen-bond acceptors (Lipinski definition) is 2. The normalized spacial score (nSPS) is 19.6. The van der Waals surface area contributed by atoms with E-state index in [0.29, 0.717) is 24.0 Å². The van der Waals surface area contributed by atoms with Crippen molar-refractivity contribution in [3.63, 3.8) is 0 Å². The van der Waals surface area contributed by atoms with Crippen molar-refractivity contribution >= 4 is 0 Å². The Balaban J connectivity index is 2.62. The summed E-state index contributed by atoms with van der Waals surface area (Å²) >= 11 is 0. The summed E-state index contributed by atoms with van der Waals surface area (Å²) in [6.45, 7) is 0. The summed E-state index contributed by atoms with van der Waals surface area (Å²) in [5.74, 6) is -1.80. The Labute approximate surface area is 80.7 Å². The summed E-state index contributed by atoms with van der Waals surface area (Å²) in [5.41, 5.74) is 6.81. The number of rotatable bonds is 1. The zero-order valence-corrected chi connectivity index (χ0v) is 7.81. The summed E-state index contributed by atoms with van der Waals surface area (Å²) in [4.78, 5) is 0. The zero-order valence-electron chi connectivity index (χ0n) is 7.81. The van der Waals surface area contributed by atoms with Gasteiger partial charge in [-0.25, -0.2) is 4.39 Å². The first-order valence-electron chi connectivity index (χ1n) is 4.45. The van der Waals surface area contributed by atoms with Crippen LogP contribution >= 0.6 is 0 Å². The van der Waals surface area contributed by atoms with E-state index in [1.165, 1.54) is 13.2 Å². The van der Waals surface area contributed by atoms with Crippen LogP contribution in [0.5, 0.6) is 5.75 Å². The molecule has 0 amide bonds. The number of fused-ring (bicyclic) bond motifs is 1. The number of nitrogens with two attached hydrogens (primary N) is 1. The number of benzene rings is 1. The van der Waals surface area contributed by atoms with E-state index in [9.17, 15) is 8.78 Å². The molecule has 1 atom stereocenters. The maximum absolute atomic E-state index is 13.4. The van der Waals surface area contributed by atoms with Crippen molar-refractivity contribution < 1.29 is 13.5 Å². The van der Waals surface area contributed by atoms with Gasteiger partial charge in [0.2, 0.25) is 5.82 Å². The van der Waals surface area contributed by atoms with Gasteiger partial charge in [0.05, 0.1) is 7.11 Å². The Morgan fingerprint density at radius 2 is 2.14 bits per heavy atom. The van der Waals surface area contributed by atoms with Crippen molar-refractivity contribution in [2.45, 2.75) is 18.9 Å². The smallest absolute Gasteiger partial charge is 0.200 e. The fourth-order valence-electron chi connectivity index (χ4n) is 1.85.